The molecule has 2 aromatic heterocycles. The summed E-state index contributed by atoms with van der Waals surface area (Å²) in [6, 6.07) is 10.6. The number of anilines is 1. The molecule has 0 fully saturated rings. The molecule has 0 saturated carbocycles. The highest BCUT2D eigenvalue weighted by atomic mass is 79.9. The first-order valence-corrected chi connectivity index (χ1v) is 7.87. The van der Waals surface area contributed by atoms with Gasteiger partial charge in [0.25, 0.3) is 5.91 Å². The molecule has 7 heteroatoms. The average molecular weight is 393 g/mol. The van der Waals surface area contributed by atoms with E-state index in [9.17, 15) is 4.79 Å². The smallest absolute Gasteiger partial charge is 0.262 e. The fourth-order valence-corrected chi connectivity index (χ4v) is 2.57. The Morgan fingerprint density at radius 2 is 2.04 bits per heavy atom. The molecule has 0 aliphatic heterocycles. The van der Waals surface area contributed by atoms with E-state index < -0.39 is 0 Å². The van der Waals surface area contributed by atoms with Crippen molar-refractivity contribution < 1.29 is 9.32 Å². The van der Waals surface area contributed by atoms with E-state index in [1.54, 1.807) is 37.4 Å². The minimum atomic E-state index is -0.353. The second kappa shape index (κ2) is 6.52. The Balaban J connectivity index is 1.97. The summed E-state index contributed by atoms with van der Waals surface area (Å²) >= 11 is 9.49. The van der Waals surface area contributed by atoms with Crippen LogP contribution >= 0.6 is 27.5 Å². The van der Waals surface area contributed by atoms with E-state index in [0.717, 1.165) is 4.47 Å². The number of nitrogens with zero attached hydrogens (tertiary/aromatic N) is 2. The van der Waals surface area contributed by atoms with Gasteiger partial charge in [-0.15, -0.1) is 0 Å². The number of halogens is 2. The van der Waals surface area contributed by atoms with E-state index in [-0.39, 0.29) is 5.91 Å². The highest BCUT2D eigenvalue weighted by Crippen LogP contribution is 2.31. The number of rotatable bonds is 3. The zero-order chi connectivity index (χ0) is 16.4. The minimum absolute atomic E-state index is 0.336. The molecule has 5 nitrogen and oxygen atoms in total. The average Bonchev–Trinajstić information content (AvgIpc) is 2.91. The maximum atomic E-state index is 12.6. The summed E-state index contributed by atoms with van der Waals surface area (Å²) in [5, 5.41) is 7.20. The van der Waals surface area contributed by atoms with E-state index >= 15 is 0 Å². The molecular formula is C16H11BrClN3O2. The minimum Gasteiger partial charge on any atom is -0.360 e. The van der Waals surface area contributed by atoms with Gasteiger partial charge in [0.1, 0.15) is 22.8 Å². The highest BCUT2D eigenvalue weighted by molar-refractivity contribution is 9.10. The maximum Gasteiger partial charge on any atom is 0.262 e. The van der Waals surface area contributed by atoms with Crippen LogP contribution in [-0.2, 0) is 0 Å². The van der Waals surface area contributed by atoms with Gasteiger partial charge in [-0.05, 0) is 41.1 Å². The summed E-state index contributed by atoms with van der Waals surface area (Å²) in [5.74, 6) is 0.493. The van der Waals surface area contributed by atoms with Crippen molar-refractivity contribution in [2.24, 2.45) is 0 Å². The Morgan fingerprint density at radius 1 is 1.26 bits per heavy atom. The van der Waals surface area contributed by atoms with Crippen molar-refractivity contribution in [3.05, 3.63) is 63.4 Å². The Hall–Kier alpha value is -2.18. The summed E-state index contributed by atoms with van der Waals surface area (Å²) in [5.41, 5.74) is 1.38. The van der Waals surface area contributed by atoms with E-state index in [1.165, 1.54) is 0 Å². The number of carbonyl (C=O) groups is 1. The first kappa shape index (κ1) is 15.7. The topological polar surface area (TPSA) is 68.0 Å². The van der Waals surface area contributed by atoms with Crippen LogP contribution in [0.5, 0.6) is 0 Å². The Morgan fingerprint density at radius 3 is 2.74 bits per heavy atom. The lowest BCUT2D eigenvalue weighted by Crippen LogP contribution is -2.14. The third kappa shape index (κ3) is 3.28. The molecule has 23 heavy (non-hydrogen) atoms. The molecule has 1 amide bonds. The van der Waals surface area contributed by atoms with Crippen LogP contribution in [0.15, 0.2) is 51.6 Å². The zero-order valence-electron chi connectivity index (χ0n) is 12.0. The number of nitrogens with one attached hydrogen (secondary N) is 1. The van der Waals surface area contributed by atoms with Crippen LogP contribution in [0.4, 0.5) is 5.82 Å². The number of pyridine rings is 1. The summed E-state index contributed by atoms with van der Waals surface area (Å²) in [7, 11) is 0. The van der Waals surface area contributed by atoms with Crippen LogP contribution in [-0.4, -0.2) is 16.0 Å². The molecule has 0 atom stereocenters. The van der Waals surface area contributed by atoms with Crippen LogP contribution in [0.3, 0.4) is 0 Å². The van der Waals surface area contributed by atoms with Gasteiger partial charge in [0, 0.05) is 16.2 Å². The Kier molecular flexibility index (Phi) is 4.45. The van der Waals surface area contributed by atoms with Gasteiger partial charge in [-0.25, -0.2) is 4.98 Å². The summed E-state index contributed by atoms with van der Waals surface area (Å²) in [6.07, 6.45) is 1.60. The molecule has 0 saturated heterocycles. The third-order valence-electron chi connectivity index (χ3n) is 3.19. The van der Waals surface area contributed by atoms with E-state index in [2.05, 4.69) is 31.4 Å². The maximum absolute atomic E-state index is 12.6. The lowest BCUT2D eigenvalue weighted by molar-refractivity contribution is 0.102. The molecular weight excluding hydrogens is 382 g/mol. The van der Waals surface area contributed by atoms with Crippen LogP contribution in [0.1, 0.15) is 16.1 Å². The van der Waals surface area contributed by atoms with Gasteiger partial charge >= 0.3 is 0 Å². The van der Waals surface area contributed by atoms with Gasteiger partial charge in [0.05, 0.1) is 5.02 Å². The molecule has 0 unspecified atom stereocenters. The van der Waals surface area contributed by atoms with E-state index in [1.807, 2.05) is 12.1 Å². The fraction of sp³-hybridized carbons (Fsp3) is 0.0625. The van der Waals surface area contributed by atoms with Crippen molar-refractivity contribution in [3.63, 3.8) is 0 Å². The number of benzene rings is 1. The Bertz CT molecular complexity index is 862. The molecule has 1 N–H and O–H groups in total. The lowest BCUT2D eigenvalue weighted by Gasteiger charge is -2.06. The highest BCUT2D eigenvalue weighted by Gasteiger charge is 2.23. The zero-order valence-corrected chi connectivity index (χ0v) is 14.4. The predicted molar refractivity (Wildman–Crippen MR) is 91.6 cm³/mol. The van der Waals surface area contributed by atoms with Gasteiger partial charge in [-0.1, -0.05) is 35.0 Å². The van der Waals surface area contributed by atoms with Crippen molar-refractivity contribution in [1.29, 1.82) is 0 Å². The van der Waals surface area contributed by atoms with Crippen molar-refractivity contribution in [2.45, 2.75) is 6.92 Å². The predicted octanol–water partition coefficient (Wildman–Crippen LogP) is 4.71. The quantitative estimate of drug-likeness (QED) is 0.700. The molecule has 1 aromatic carbocycles. The SMILES string of the molecule is Cc1onc(-c2ccccc2Cl)c1C(=O)Nc1ccc(Br)cn1. The molecule has 0 radical (unpaired) electrons. The third-order valence-corrected chi connectivity index (χ3v) is 3.99. The summed E-state index contributed by atoms with van der Waals surface area (Å²) in [4.78, 5) is 16.7. The summed E-state index contributed by atoms with van der Waals surface area (Å²) in [6.45, 7) is 1.68. The van der Waals surface area contributed by atoms with Gasteiger partial charge in [0.15, 0.2) is 0 Å². The van der Waals surface area contributed by atoms with Crippen molar-refractivity contribution in [3.8, 4) is 11.3 Å². The van der Waals surface area contributed by atoms with Crippen molar-refractivity contribution in [2.75, 3.05) is 5.32 Å². The number of amides is 1. The van der Waals surface area contributed by atoms with Crippen molar-refractivity contribution in [1.82, 2.24) is 10.1 Å². The molecule has 0 bridgehead atoms. The van der Waals surface area contributed by atoms with Gasteiger partial charge in [0.2, 0.25) is 0 Å². The fourth-order valence-electron chi connectivity index (χ4n) is 2.11. The second-order valence-corrected chi connectivity index (χ2v) is 6.08. The number of aromatic nitrogens is 2. The van der Waals surface area contributed by atoms with Crippen LogP contribution in [0.25, 0.3) is 11.3 Å². The van der Waals surface area contributed by atoms with E-state index in [4.69, 9.17) is 16.1 Å². The largest absolute Gasteiger partial charge is 0.360 e. The first-order chi connectivity index (χ1) is 11.1. The molecule has 2 heterocycles. The molecule has 0 spiro atoms. The van der Waals surface area contributed by atoms with Crippen LogP contribution in [0.2, 0.25) is 5.02 Å². The summed E-state index contributed by atoms with van der Waals surface area (Å²) < 4.78 is 6.01. The monoisotopic (exact) mass is 391 g/mol. The molecule has 3 rings (SSSR count). The Labute approximate surface area is 145 Å². The number of hydrogen-bond acceptors (Lipinski definition) is 4. The lowest BCUT2D eigenvalue weighted by atomic mass is 10.1. The van der Waals surface area contributed by atoms with Gasteiger partial charge < -0.3 is 9.84 Å². The normalized spacial score (nSPS) is 10.6. The van der Waals surface area contributed by atoms with Crippen molar-refractivity contribution >= 4 is 39.3 Å². The standard InChI is InChI=1S/C16H11BrClN3O2/c1-9-14(16(22)20-13-7-6-10(17)8-19-13)15(21-23-9)11-4-2-3-5-12(11)18/h2-8H,1H3,(H,19,20,22). The van der Waals surface area contributed by atoms with Gasteiger partial charge in [-0.3, -0.25) is 4.79 Å². The second-order valence-electron chi connectivity index (χ2n) is 4.76. The van der Waals surface area contributed by atoms with Crippen LogP contribution < -0.4 is 5.32 Å². The molecule has 0 aliphatic carbocycles. The molecule has 116 valence electrons. The molecule has 3 aromatic rings. The van der Waals surface area contributed by atoms with Gasteiger partial charge in [-0.2, -0.15) is 0 Å². The number of hydrogen-bond donors (Lipinski definition) is 1. The number of carbonyl (C=O) groups excluding carboxylic acids is 1. The van der Waals surface area contributed by atoms with Crippen LogP contribution in [0, 0.1) is 6.92 Å². The molecule has 0 aliphatic rings. The van der Waals surface area contributed by atoms with E-state index in [0.29, 0.717) is 33.4 Å². The first-order valence-electron chi connectivity index (χ1n) is 6.70. The number of aryl methyl sites for hydroxylation is 1.